The van der Waals surface area contributed by atoms with Crippen LogP contribution in [-0.4, -0.2) is 25.2 Å². The Morgan fingerprint density at radius 1 is 1.38 bits per heavy atom. The third-order valence-electron chi connectivity index (χ3n) is 3.71. The van der Waals surface area contributed by atoms with Gasteiger partial charge < -0.3 is 10.1 Å². The van der Waals surface area contributed by atoms with Crippen molar-refractivity contribution < 1.29 is 9.53 Å². The summed E-state index contributed by atoms with van der Waals surface area (Å²) in [4.78, 5) is 11.3. The molecule has 0 saturated heterocycles. The van der Waals surface area contributed by atoms with Gasteiger partial charge in [0.1, 0.15) is 6.04 Å². The maximum Gasteiger partial charge on any atom is 0.322 e. The minimum absolute atomic E-state index is 0.156. The normalized spacial score (nSPS) is 28.2. The summed E-state index contributed by atoms with van der Waals surface area (Å²) in [6.07, 6.45) is 7.60. The lowest BCUT2D eigenvalue weighted by Crippen LogP contribution is -2.41. The molecule has 0 aromatic rings. The minimum atomic E-state index is -0.173. The molecule has 1 N–H and O–H groups in total. The van der Waals surface area contributed by atoms with Gasteiger partial charge in [-0.1, -0.05) is 26.2 Å². The molecule has 94 valence electrons. The number of hydrogen-bond acceptors (Lipinski definition) is 3. The van der Waals surface area contributed by atoms with E-state index in [1.54, 1.807) is 0 Å². The largest absolute Gasteiger partial charge is 0.468 e. The van der Waals surface area contributed by atoms with E-state index in [-0.39, 0.29) is 12.0 Å². The van der Waals surface area contributed by atoms with Crippen LogP contribution in [0.25, 0.3) is 0 Å². The average molecular weight is 227 g/mol. The zero-order chi connectivity index (χ0) is 12.0. The van der Waals surface area contributed by atoms with Crippen LogP contribution < -0.4 is 5.32 Å². The quantitative estimate of drug-likeness (QED) is 0.592. The number of ether oxygens (including phenoxy) is 1. The van der Waals surface area contributed by atoms with E-state index >= 15 is 0 Å². The van der Waals surface area contributed by atoms with Crippen LogP contribution in [0.15, 0.2) is 0 Å². The fourth-order valence-corrected chi connectivity index (χ4v) is 2.55. The lowest BCUT2D eigenvalue weighted by Gasteiger charge is -2.20. The van der Waals surface area contributed by atoms with Gasteiger partial charge in [-0.2, -0.15) is 0 Å². The Morgan fingerprint density at radius 3 is 2.75 bits per heavy atom. The molecule has 0 heterocycles. The summed E-state index contributed by atoms with van der Waals surface area (Å²) in [7, 11) is 1.45. The molecular weight excluding hydrogens is 202 g/mol. The van der Waals surface area contributed by atoms with Gasteiger partial charge in [0.05, 0.1) is 7.11 Å². The van der Waals surface area contributed by atoms with E-state index in [1.807, 2.05) is 6.92 Å². The minimum Gasteiger partial charge on any atom is -0.468 e. The van der Waals surface area contributed by atoms with Crippen LogP contribution in [0.4, 0.5) is 0 Å². The molecule has 1 fully saturated rings. The van der Waals surface area contributed by atoms with Crippen LogP contribution in [0.5, 0.6) is 0 Å². The molecule has 1 rings (SSSR count). The highest BCUT2D eigenvalue weighted by atomic mass is 16.5. The standard InChI is InChI=1S/C13H25NO2/c1-4-11-6-5-7-12(9-8-11)14-10(2)13(15)16-3/h10-12,14H,4-9H2,1-3H3. The molecule has 1 aliphatic carbocycles. The summed E-state index contributed by atoms with van der Waals surface area (Å²) in [5, 5.41) is 3.38. The van der Waals surface area contributed by atoms with Crippen LogP contribution in [0.3, 0.4) is 0 Å². The van der Waals surface area contributed by atoms with Crippen molar-refractivity contribution in [3.8, 4) is 0 Å². The molecule has 3 atom stereocenters. The number of carbonyl (C=O) groups excluding carboxylic acids is 1. The molecule has 0 aromatic carbocycles. The van der Waals surface area contributed by atoms with Crippen molar-refractivity contribution in [1.29, 1.82) is 0 Å². The number of carbonyl (C=O) groups is 1. The van der Waals surface area contributed by atoms with E-state index in [2.05, 4.69) is 12.2 Å². The first kappa shape index (κ1) is 13.5. The van der Waals surface area contributed by atoms with Gasteiger partial charge in [-0.15, -0.1) is 0 Å². The summed E-state index contributed by atoms with van der Waals surface area (Å²) < 4.78 is 4.73. The maximum absolute atomic E-state index is 11.3. The zero-order valence-electron chi connectivity index (χ0n) is 10.8. The van der Waals surface area contributed by atoms with E-state index in [0.29, 0.717) is 6.04 Å². The second kappa shape index (κ2) is 6.89. The molecule has 0 radical (unpaired) electrons. The summed E-state index contributed by atoms with van der Waals surface area (Å²) in [5.74, 6) is 0.733. The van der Waals surface area contributed by atoms with Gasteiger partial charge in [0, 0.05) is 6.04 Å². The highest BCUT2D eigenvalue weighted by Gasteiger charge is 2.21. The molecule has 3 nitrogen and oxygen atoms in total. The number of rotatable bonds is 4. The SMILES string of the molecule is CCC1CCCC(NC(C)C(=O)OC)CC1. The molecule has 0 aliphatic heterocycles. The molecule has 3 heteroatoms. The fraction of sp³-hybridized carbons (Fsp3) is 0.923. The Bertz CT molecular complexity index is 218. The van der Waals surface area contributed by atoms with Crippen LogP contribution in [0.1, 0.15) is 52.4 Å². The third kappa shape index (κ3) is 4.12. The van der Waals surface area contributed by atoms with Gasteiger partial charge in [0.25, 0.3) is 0 Å². The molecule has 0 amide bonds. The average Bonchev–Trinajstić information content (AvgIpc) is 2.53. The molecule has 1 aliphatic rings. The lowest BCUT2D eigenvalue weighted by molar-refractivity contribution is -0.142. The van der Waals surface area contributed by atoms with Crippen molar-refractivity contribution in [2.24, 2.45) is 5.92 Å². The van der Waals surface area contributed by atoms with Crippen LogP contribution >= 0.6 is 0 Å². The summed E-state index contributed by atoms with van der Waals surface area (Å²) in [5.41, 5.74) is 0. The topological polar surface area (TPSA) is 38.3 Å². The van der Waals surface area contributed by atoms with Crippen molar-refractivity contribution in [3.63, 3.8) is 0 Å². The highest BCUT2D eigenvalue weighted by molar-refractivity contribution is 5.75. The van der Waals surface area contributed by atoms with Crippen molar-refractivity contribution >= 4 is 5.97 Å². The summed E-state index contributed by atoms with van der Waals surface area (Å²) in [6, 6.07) is 0.318. The Morgan fingerprint density at radius 2 is 2.12 bits per heavy atom. The second-order valence-corrected chi connectivity index (χ2v) is 4.89. The fourth-order valence-electron chi connectivity index (χ4n) is 2.55. The predicted molar refractivity (Wildman–Crippen MR) is 65.3 cm³/mol. The van der Waals surface area contributed by atoms with E-state index in [4.69, 9.17) is 4.74 Å². The van der Waals surface area contributed by atoms with Gasteiger partial charge in [0.2, 0.25) is 0 Å². The second-order valence-electron chi connectivity index (χ2n) is 4.89. The Kier molecular flexibility index (Phi) is 5.81. The monoisotopic (exact) mass is 227 g/mol. The van der Waals surface area contributed by atoms with Crippen molar-refractivity contribution in [2.45, 2.75) is 64.5 Å². The van der Waals surface area contributed by atoms with E-state index in [0.717, 1.165) is 5.92 Å². The highest BCUT2D eigenvalue weighted by Crippen LogP contribution is 2.25. The number of methoxy groups -OCH3 is 1. The maximum atomic E-state index is 11.3. The first-order valence-electron chi connectivity index (χ1n) is 6.51. The van der Waals surface area contributed by atoms with Gasteiger partial charge in [0.15, 0.2) is 0 Å². The molecular formula is C13H25NO2. The first-order valence-corrected chi connectivity index (χ1v) is 6.51. The third-order valence-corrected chi connectivity index (χ3v) is 3.71. The van der Waals surface area contributed by atoms with Crippen molar-refractivity contribution in [3.05, 3.63) is 0 Å². The van der Waals surface area contributed by atoms with E-state index in [1.165, 1.54) is 45.6 Å². The summed E-state index contributed by atoms with van der Waals surface area (Å²) in [6.45, 7) is 4.16. The first-order chi connectivity index (χ1) is 7.67. The molecule has 0 bridgehead atoms. The van der Waals surface area contributed by atoms with Crippen LogP contribution in [-0.2, 0) is 9.53 Å². The molecule has 3 unspecified atom stereocenters. The predicted octanol–water partition coefficient (Wildman–Crippen LogP) is 2.50. The van der Waals surface area contributed by atoms with E-state index < -0.39 is 0 Å². The van der Waals surface area contributed by atoms with Crippen LogP contribution in [0.2, 0.25) is 0 Å². The number of esters is 1. The van der Waals surface area contributed by atoms with Crippen molar-refractivity contribution in [1.82, 2.24) is 5.32 Å². The van der Waals surface area contributed by atoms with E-state index in [9.17, 15) is 4.79 Å². The van der Waals surface area contributed by atoms with Gasteiger partial charge >= 0.3 is 5.97 Å². The zero-order valence-corrected chi connectivity index (χ0v) is 10.8. The molecule has 16 heavy (non-hydrogen) atoms. The lowest BCUT2D eigenvalue weighted by atomic mass is 9.98. The Hall–Kier alpha value is -0.570. The van der Waals surface area contributed by atoms with Crippen molar-refractivity contribution in [2.75, 3.05) is 7.11 Å². The Balaban J connectivity index is 2.34. The number of nitrogens with one attached hydrogen (secondary N) is 1. The molecule has 0 aromatic heterocycles. The molecule has 1 saturated carbocycles. The smallest absolute Gasteiger partial charge is 0.322 e. The van der Waals surface area contributed by atoms with Gasteiger partial charge in [-0.05, 0) is 32.1 Å². The van der Waals surface area contributed by atoms with Gasteiger partial charge in [-0.3, -0.25) is 4.79 Å². The number of hydrogen-bond donors (Lipinski definition) is 1. The van der Waals surface area contributed by atoms with Gasteiger partial charge in [-0.25, -0.2) is 0 Å². The Labute approximate surface area is 98.9 Å². The van der Waals surface area contributed by atoms with Crippen LogP contribution in [0, 0.1) is 5.92 Å². The summed E-state index contributed by atoms with van der Waals surface area (Å²) >= 11 is 0. The molecule has 0 spiro atoms.